The Balaban J connectivity index is 0.000000980. The van der Waals surface area contributed by atoms with Crippen LogP contribution in [0.1, 0.15) is 0 Å². The van der Waals surface area contributed by atoms with Crippen LogP contribution in [0.3, 0.4) is 0 Å². The van der Waals surface area contributed by atoms with Crippen molar-refractivity contribution in [2.75, 3.05) is 19.7 Å². The van der Waals surface area contributed by atoms with Crippen molar-refractivity contribution in [3.05, 3.63) is 30.3 Å². The van der Waals surface area contributed by atoms with Crippen LogP contribution in [0, 0.1) is 0 Å². The second-order valence-corrected chi connectivity index (χ2v) is 2.86. The number of halogens is 1. The first-order valence-corrected chi connectivity index (χ1v) is 4.40. The number of hydrogen-bond acceptors (Lipinski definition) is 3. The average molecular weight is 213 g/mol. The predicted molar refractivity (Wildman–Crippen MR) is 59.5 cm³/mol. The molecule has 0 saturated heterocycles. The fraction of sp³-hybridized carbons (Fsp3) is 0.300. The summed E-state index contributed by atoms with van der Waals surface area (Å²) < 4.78 is 5.50. The fourth-order valence-electron chi connectivity index (χ4n) is 1.21. The summed E-state index contributed by atoms with van der Waals surface area (Å²) in [5, 5.41) is 3.15. The van der Waals surface area contributed by atoms with Crippen molar-refractivity contribution < 1.29 is 4.74 Å². The van der Waals surface area contributed by atoms with Crippen molar-refractivity contribution in [3.63, 3.8) is 0 Å². The summed E-state index contributed by atoms with van der Waals surface area (Å²) in [6, 6.07) is 9.77. The minimum absolute atomic E-state index is 0. The van der Waals surface area contributed by atoms with Crippen LogP contribution in [-0.2, 0) is 0 Å². The van der Waals surface area contributed by atoms with Crippen LogP contribution in [0.25, 0.3) is 0 Å². The number of aliphatic imine (C=N–C) groups is 1. The third-order valence-electron chi connectivity index (χ3n) is 1.86. The molecule has 2 rings (SSSR count). The number of hydrogen-bond donors (Lipinski definition) is 1. The van der Waals surface area contributed by atoms with Gasteiger partial charge in [-0.2, -0.15) is 0 Å². The summed E-state index contributed by atoms with van der Waals surface area (Å²) in [5.74, 6) is 1.84. The third-order valence-corrected chi connectivity index (χ3v) is 1.86. The number of ether oxygens (including phenoxy) is 1. The van der Waals surface area contributed by atoms with Crippen molar-refractivity contribution in [1.29, 1.82) is 0 Å². The van der Waals surface area contributed by atoms with E-state index in [0.717, 1.165) is 24.7 Å². The third kappa shape index (κ3) is 2.92. The van der Waals surface area contributed by atoms with Gasteiger partial charge >= 0.3 is 0 Å². The van der Waals surface area contributed by atoms with Crippen molar-refractivity contribution in [2.24, 2.45) is 4.99 Å². The Morgan fingerprint density at radius 3 is 2.71 bits per heavy atom. The second kappa shape index (κ2) is 5.50. The molecule has 0 atom stereocenters. The van der Waals surface area contributed by atoms with E-state index in [0.29, 0.717) is 6.61 Å². The van der Waals surface area contributed by atoms with Crippen LogP contribution >= 0.6 is 12.4 Å². The molecule has 0 radical (unpaired) electrons. The monoisotopic (exact) mass is 212 g/mol. The Morgan fingerprint density at radius 2 is 2.07 bits per heavy atom. The van der Waals surface area contributed by atoms with Crippen LogP contribution in [0.15, 0.2) is 35.3 Å². The molecule has 1 N–H and O–H groups in total. The van der Waals surface area contributed by atoms with Gasteiger partial charge in [0.15, 0.2) is 0 Å². The van der Waals surface area contributed by atoms with Crippen LogP contribution in [0.4, 0.5) is 0 Å². The molecule has 0 aromatic heterocycles. The lowest BCUT2D eigenvalue weighted by atomic mass is 10.3. The number of benzene rings is 1. The van der Waals surface area contributed by atoms with Gasteiger partial charge in [-0.1, -0.05) is 18.2 Å². The van der Waals surface area contributed by atoms with E-state index in [9.17, 15) is 0 Å². The molecule has 3 nitrogen and oxygen atoms in total. The fourth-order valence-corrected chi connectivity index (χ4v) is 1.21. The molecule has 4 heteroatoms. The summed E-state index contributed by atoms with van der Waals surface area (Å²) in [4.78, 5) is 4.23. The lowest BCUT2D eigenvalue weighted by Crippen LogP contribution is -2.24. The van der Waals surface area contributed by atoms with Crippen molar-refractivity contribution in [1.82, 2.24) is 5.32 Å². The molecule has 0 saturated carbocycles. The van der Waals surface area contributed by atoms with Crippen LogP contribution in [-0.4, -0.2) is 25.5 Å². The van der Waals surface area contributed by atoms with Gasteiger partial charge in [-0.3, -0.25) is 4.99 Å². The van der Waals surface area contributed by atoms with Gasteiger partial charge in [0.1, 0.15) is 18.2 Å². The zero-order chi connectivity index (χ0) is 8.93. The Bertz CT molecular complexity index is 300. The van der Waals surface area contributed by atoms with Gasteiger partial charge in [-0.25, -0.2) is 0 Å². The molecule has 0 bridgehead atoms. The molecule has 1 aliphatic heterocycles. The number of rotatable bonds is 3. The van der Waals surface area contributed by atoms with E-state index in [4.69, 9.17) is 4.74 Å². The highest BCUT2D eigenvalue weighted by Gasteiger charge is 2.04. The highest BCUT2D eigenvalue weighted by atomic mass is 35.5. The van der Waals surface area contributed by atoms with E-state index in [1.54, 1.807) is 0 Å². The standard InChI is InChI=1S/C10H12N2O.ClH/c1-2-4-9(5-3-1)13-8-10-11-6-7-12-10;/h1-5H,6-8H2,(H,11,12);1H. The van der Waals surface area contributed by atoms with Gasteiger partial charge in [0.05, 0.1) is 6.54 Å². The quantitative estimate of drug-likeness (QED) is 0.824. The van der Waals surface area contributed by atoms with E-state index >= 15 is 0 Å². The van der Waals surface area contributed by atoms with Crippen molar-refractivity contribution in [3.8, 4) is 5.75 Å². The molecule has 0 aliphatic carbocycles. The molecular weight excluding hydrogens is 200 g/mol. The molecule has 0 unspecified atom stereocenters. The second-order valence-electron chi connectivity index (χ2n) is 2.86. The summed E-state index contributed by atoms with van der Waals surface area (Å²) in [7, 11) is 0. The maximum atomic E-state index is 5.50. The van der Waals surface area contributed by atoms with Gasteiger partial charge in [-0.05, 0) is 12.1 Å². The number of amidine groups is 1. The molecule has 0 spiro atoms. The van der Waals surface area contributed by atoms with E-state index in [1.807, 2.05) is 30.3 Å². The average Bonchev–Trinajstić information content (AvgIpc) is 2.69. The molecule has 1 aliphatic rings. The smallest absolute Gasteiger partial charge is 0.145 e. The van der Waals surface area contributed by atoms with E-state index in [1.165, 1.54) is 0 Å². The Kier molecular flexibility index (Phi) is 4.26. The number of nitrogens with one attached hydrogen (secondary N) is 1. The number of para-hydroxylation sites is 1. The normalized spacial score (nSPS) is 13.9. The van der Waals surface area contributed by atoms with E-state index < -0.39 is 0 Å². The van der Waals surface area contributed by atoms with E-state index in [2.05, 4.69) is 10.3 Å². The lowest BCUT2D eigenvalue weighted by molar-refractivity contribution is 0.373. The minimum atomic E-state index is 0. The summed E-state index contributed by atoms with van der Waals surface area (Å²) in [5.41, 5.74) is 0. The molecule has 0 fully saturated rings. The van der Waals surface area contributed by atoms with Crippen molar-refractivity contribution in [2.45, 2.75) is 0 Å². The summed E-state index contributed by atoms with van der Waals surface area (Å²) in [6.45, 7) is 2.35. The summed E-state index contributed by atoms with van der Waals surface area (Å²) in [6.07, 6.45) is 0. The molecule has 1 aromatic carbocycles. The highest BCUT2D eigenvalue weighted by Crippen LogP contribution is 2.07. The summed E-state index contributed by atoms with van der Waals surface area (Å²) >= 11 is 0. The van der Waals surface area contributed by atoms with Gasteiger partial charge in [0.25, 0.3) is 0 Å². The molecule has 76 valence electrons. The highest BCUT2D eigenvalue weighted by molar-refractivity contribution is 5.85. The van der Waals surface area contributed by atoms with Gasteiger partial charge in [0, 0.05) is 6.54 Å². The maximum Gasteiger partial charge on any atom is 0.145 e. The zero-order valence-corrected chi connectivity index (χ0v) is 8.59. The van der Waals surface area contributed by atoms with Crippen molar-refractivity contribution >= 4 is 18.2 Å². The first kappa shape index (κ1) is 10.9. The topological polar surface area (TPSA) is 33.6 Å². The Labute approximate surface area is 89.6 Å². The maximum absolute atomic E-state index is 5.50. The van der Waals surface area contributed by atoms with Crippen LogP contribution in [0.2, 0.25) is 0 Å². The molecule has 1 heterocycles. The van der Waals surface area contributed by atoms with E-state index in [-0.39, 0.29) is 12.4 Å². The molecular formula is C10H13ClN2O. The van der Waals surface area contributed by atoms with Crippen LogP contribution < -0.4 is 10.1 Å². The lowest BCUT2D eigenvalue weighted by Gasteiger charge is -2.05. The SMILES string of the molecule is Cl.c1ccc(OCC2=NCCN2)cc1. The number of nitrogens with zero attached hydrogens (tertiary/aromatic N) is 1. The first-order valence-electron chi connectivity index (χ1n) is 4.40. The predicted octanol–water partition coefficient (Wildman–Crippen LogP) is 1.49. The molecule has 14 heavy (non-hydrogen) atoms. The Hall–Kier alpha value is -1.22. The van der Waals surface area contributed by atoms with Crippen LogP contribution in [0.5, 0.6) is 5.75 Å². The van der Waals surface area contributed by atoms with Gasteiger partial charge < -0.3 is 10.1 Å². The molecule has 1 aromatic rings. The largest absolute Gasteiger partial charge is 0.486 e. The molecule has 0 amide bonds. The Morgan fingerprint density at radius 1 is 1.29 bits per heavy atom. The minimum Gasteiger partial charge on any atom is -0.486 e. The van der Waals surface area contributed by atoms with Gasteiger partial charge in [0.2, 0.25) is 0 Å². The van der Waals surface area contributed by atoms with Gasteiger partial charge in [-0.15, -0.1) is 12.4 Å². The zero-order valence-electron chi connectivity index (χ0n) is 7.77. The first-order chi connectivity index (χ1) is 6.45.